The van der Waals surface area contributed by atoms with Crippen LogP contribution in [-0.4, -0.2) is 4.98 Å². The minimum atomic E-state index is 0.370. The van der Waals surface area contributed by atoms with Crippen LogP contribution in [0, 0.1) is 0 Å². The number of nitrogens with one attached hydrogen (secondary N) is 1. The van der Waals surface area contributed by atoms with E-state index in [1.807, 2.05) is 12.1 Å². The Morgan fingerprint density at radius 1 is 1.18 bits per heavy atom. The Kier molecular flexibility index (Phi) is 3.76. The summed E-state index contributed by atoms with van der Waals surface area (Å²) in [5.74, 6) is 0.488. The summed E-state index contributed by atoms with van der Waals surface area (Å²) in [4.78, 5) is 4.09. The number of nitrogens with zero attached hydrogens (tertiary/aromatic N) is 1. The molecule has 2 aromatic rings. The lowest BCUT2D eigenvalue weighted by Crippen LogP contribution is -1.99. The Morgan fingerprint density at radius 2 is 1.94 bits per heavy atom. The average Bonchev–Trinajstić information content (AvgIpc) is 2.27. The molecule has 0 saturated heterocycles. The highest BCUT2D eigenvalue weighted by atomic mass is 79.9. The van der Waals surface area contributed by atoms with Gasteiger partial charge in [-0.2, -0.15) is 0 Å². The van der Waals surface area contributed by atoms with Gasteiger partial charge in [0.1, 0.15) is 5.15 Å². The lowest BCUT2D eigenvalue weighted by Gasteiger charge is -2.10. The summed E-state index contributed by atoms with van der Waals surface area (Å²) >= 11 is 15.2. The highest BCUT2D eigenvalue weighted by Gasteiger charge is 2.06. The van der Waals surface area contributed by atoms with Gasteiger partial charge in [0.25, 0.3) is 0 Å². The van der Waals surface area contributed by atoms with Crippen LogP contribution in [0.2, 0.25) is 10.2 Å². The first-order chi connectivity index (χ1) is 8.06. The Balaban J connectivity index is 2.34. The number of pyridine rings is 1. The minimum absolute atomic E-state index is 0.370. The van der Waals surface area contributed by atoms with E-state index >= 15 is 0 Å². The molecule has 0 spiro atoms. The summed E-state index contributed by atoms with van der Waals surface area (Å²) in [6.07, 6.45) is 0. The molecule has 0 saturated carbocycles. The highest BCUT2D eigenvalue weighted by Crippen LogP contribution is 2.30. The topological polar surface area (TPSA) is 50.9 Å². The van der Waals surface area contributed by atoms with Crippen LogP contribution in [0.3, 0.4) is 0 Å². The van der Waals surface area contributed by atoms with Crippen LogP contribution < -0.4 is 11.1 Å². The second-order valence-corrected chi connectivity index (χ2v) is 5.03. The summed E-state index contributed by atoms with van der Waals surface area (Å²) in [6.45, 7) is 0. The van der Waals surface area contributed by atoms with Gasteiger partial charge in [-0.05, 0) is 30.3 Å². The second-order valence-electron chi connectivity index (χ2n) is 3.32. The van der Waals surface area contributed by atoms with Crippen LogP contribution in [-0.2, 0) is 0 Å². The summed E-state index contributed by atoms with van der Waals surface area (Å²) in [5, 5.41) is 3.98. The lowest BCUT2D eigenvalue weighted by atomic mass is 10.3. The van der Waals surface area contributed by atoms with Gasteiger partial charge in [0.2, 0.25) is 0 Å². The molecule has 0 aliphatic heterocycles. The monoisotopic (exact) mass is 331 g/mol. The third kappa shape index (κ3) is 3.03. The maximum Gasteiger partial charge on any atom is 0.155 e. The molecule has 3 N–H and O–H groups in total. The fourth-order valence-corrected chi connectivity index (χ4v) is 2.13. The molecule has 1 aromatic heterocycles. The van der Waals surface area contributed by atoms with Crippen molar-refractivity contribution in [3.8, 4) is 0 Å². The van der Waals surface area contributed by atoms with Crippen molar-refractivity contribution in [2.45, 2.75) is 0 Å². The van der Waals surface area contributed by atoms with Crippen molar-refractivity contribution in [3.63, 3.8) is 0 Å². The van der Waals surface area contributed by atoms with Gasteiger partial charge < -0.3 is 11.1 Å². The van der Waals surface area contributed by atoms with Crippen LogP contribution in [0.1, 0.15) is 0 Å². The van der Waals surface area contributed by atoms with Gasteiger partial charge in [-0.3, -0.25) is 0 Å². The van der Waals surface area contributed by atoms with Crippen molar-refractivity contribution >= 4 is 56.3 Å². The summed E-state index contributed by atoms with van der Waals surface area (Å²) in [6, 6.07) is 8.80. The van der Waals surface area contributed by atoms with Crippen LogP contribution in [0.5, 0.6) is 0 Å². The zero-order chi connectivity index (χ0) is 12.4. The molecule has 0 atom stereocenters. The van der Waals surface area contributed by atoms with Crippen molar-refractivity contribution < 1.29 is 0 Å². The molecule has 1 aromatic carbocycles. The largest absolute Gasteiger partial charge is 0.396 e. The predicted molar refractivity (Wildman–Crippen MR) is 76.1 cm³/mol. The third-order valence-corrected chi connectivity index (χ3v) is 3.09. The molecule has 2 rings (SSSR count). The number of rotatable bonds is 2. The molecule has 6 heteroatoms. The predicted octanol–water partition coefficient (Wildman–Crippen LogP) is 4.48. The van der Waals surface area contributed by atoms with Crippen LogP contribution in [0.4, 0.5) is 17.2 Å². The van der Waals surface area contributed by atoms with Crippen molar-refractivity contribution in [3.05, 3.63) is 45.0 Å². The molecule has 0 aliphatic rings. The number of aromatic nitrogens is 1. The van der Waals surface area contributed by atoms with E-state index < -0.39 is 0 Å². The van der Waals surface area contributed by atoms with Gasteiger partial charge in [0.15, 0.2) is 5.82 Å². The molecule has 17 heavy (non-hydrogen) atoms. The Hall–Kier alpha value is -0.970. The van der Waals surface area contributed by atoms with Crippen molar-refractivity contribution in [1.29, 1.82) is 0 Å². The standard InChI is InChI=1S/C11H8BrCl2N3/c12-6-1-3-9(7(13)5-6)16-11-8(15)2-4-10(14)17-11/h1-5H,15H2,(H,16,17). The van der Waals surface area contributed by atoms with Crippen molar-refractivity contribution in [2.75, 3.05) is 11.1 Å². The molecule has 0 radical (unpaired) electrons. The van der Waals surface area contributed by atoms with E-state index in [1.54, 1.807) is 18.2 Å². The molecule has 0 fully saturated rings. The van der Waals surface area contributed by atoms with E-state index in [9.17, 15) is 0 Å². The van der Waals surface area contributed by atoms with Gasteiger partial charge in [0, 0.05) is 4.47 Å². The van der Waals surface area contributed by atoms with E-state index in [0.717, 1.165) is 10.2 Å². The van der Waals surface area contributed by atoms with Crippen LogP contribution in [0.25, 0.3) is 0 Å². The number of hydrogen-bond donors (Lipinski definition) is 2. The Bertz CT molecular complexity index is 560. The average molecular weight is 333 g/mol. The summed E-state index contributed by atoms with van der Waals surface area (Å²) in [7, 11) is 0. The maximum atomic E-state index is 6.08. The van der Waals surface area contributed by atoms with Gasteiger partial charge in [-0.15, -0.1) is 0 Å². The fourth-order valence-electron chi connectivity index (χ4n) is 1.26. The SMILES string of the molecule is Nc1ccc(Cl)nc1Nc1ccc(Br)cc1Cl. The number of hydrogen-bond acceptors (Lipinski definition) is 3. The lowest BCUT2D eigenvalue weighted by molar-refractivity contribution is 1.31. The van der Waals surface area contributed by atoms with E-state index in [0.29, 0.717) is 21.7 Å². The summed E-state index contributed by atoms with van der Waals surface area (Å²) in [5.41, 5.74) is 7.01. The number of nitrogens with two attached hydrogens (primary N) is 1. The fraction of sp³-hybridized carbons (Fsp3) is 0. The first kappa shape index (κ1) is 12.5. The van der Waals surface area contributed by atoms with E-state index in [1.165, 1.54) is 0 Å². The number of nitrogen functional groups attached to an aromatic ring is 1. The van der Waals surface area contributed by atoms with Crippen LogP contribution in [0.15, 0.2) is 34.8 Å². The molecular weight excluding hydrogens is 325 g/mol. The molecule has 3 nitrogen and oxygen atoms in total. The smallest absolute Gasteiger partial charge is 0.155 e. The third-order valence-electron chi connectivity index (χ3n) is 2.08. The Labute approximate surface area is 117 Å². The second kappa shape index (κ2) is 5.12. The van der Waals surface area contributed by atoms with E-state index in [-0.39, 0.29) is 0 Å². The molecule has 1 heterocycles. The molecular formula is C11H8BrCl2N3. The van der Waals surface area contributed by atoms with E-state index in [4.69, 9.17) is 28.9 Å². The zero-order valence-corrected chi connectivity index (χ0v) is 11.6. The minimum Gasteiger partial charge on any atom is -0.396 e. The number of anilines is 3. The first-order valence-electron chi connectivity index (χ1n) is 4.70. The Morgan fingerprint density at radius 3 is 2.65 bits per heavy atom. The van der Waals surface area contributed by atoms with Gasteiger partial charge in [-0.1, -0.05) is 39.1 Å². The zero-order valence-electron chi connectivity index (χ0n) is 8.55. The highest BCUT2D eigenvalue weighted by molar-refractivity contribution is 9.10. The molecule has 88 valence electrons. The van der Waals surface area contributed by atoms with Crippen LogP contribution >= 0.6 is 39.1 Å². The van der Waals surface area contributed by atoms with Crippen molar-refractivity contribution in [2.24, 2.45) is 0 Å². The summed E-state index contributed by atoms with van der Waals surface area (Å²) < 4.78 is 0.903. The van der Waals surface area contributed by atoms with Gasteiger partial charge in [0.05, 0.1) is 16.4 Å². The molecule has 0 bridgehead atoms. The first-order valence-corrected chi connectivity index (χ1v) is 6.25. The molecule has 0 unspecified atom stereocenters. The maximum absolute atomic E-state index is 6.08. The molecule has 0 aliphatic carbocycles. The van der Waals surface area contributed by atoms with Gasteiger partial charge in [-0.25, -0.2) is 4.98 Å². The molecule has 0 amide bonds. The van der Waals surface area contributed by atoms with Crippen molar-refractivity contribution in [1.82, 2.24) is 4.98 Å². The number of benzene rings is 1. The number of halogens is 3. The van der Waals surface area contributed by atoms with Gasteiger partial charge >= 0.3 is 0 Å². The normalized spacial score (nSPS) is 10.3. The van der Waals surface area contributed by atoms with E-state index in [2.05, 4.69) is 26.2 Å². The quantitative estimate of drug-likeness (QED) is 0.797.